The Kier molecular flexibility index (Phi) is 3.31. The second kappa shape index (κ2) is 5.27. The molecule has 20 heavy (non-hydrogen) atoms. The van der Waals surface area contributed by atoms with Crippen molar-refractivity contribution in [2.75, 3.05) is 0 Å². The van der Waals surface area contributed by atoms with Crippen molar-refractivity contribution in [1.29, 1.82) is 0 Å². The molecule has 0 saturated heterocycles. The van der Waals surface area contributed by atoms with Crippen LogP contribution in [0.25, 0.3) is 17.2 Å². The number of nitrogens with one attached hydrogen (secondary N) is 1. The van der Waals surface area contributed by atoms with Gasteiger partial charge in [-0.1, -0.05) is 29.8 Å². The number of ketones is 1. The number of aromatic nitrogens is 3. The molecule has 0 aliphatic heterocycles. The van der Waals surface area contributed by atoms with E-state index in [9.17, 15) is 4.79 Å². The van der Waals surface area contributed by atoms with Gasteiger partial charge in [-0.3, -0.25) is 4.79 Å². The van der Waals surface area contributed by atoms with Crippen LogP contribution >= 0.6 is 11.6 Å². The van der Waals surface area contributed by atoms with Crippen LogP contribution in [-0.2, 0) is 0 Å². The van der Waals surface area contributed by atoms with Crippen LogP contribution in [0.4, 0.5) is 0 Å². The fraction of sp³-hybridized carbons (Fsp3) is 0. The first kappa shape index (κ1) is 12.6. The van der Waals surface area contributed by atoms with E-state index in [-0.39, 0.29) is 11.6 Å². The molecule has 0 radical (unpaired) electrons. The van der Waals surface area contributed by atoms with Crippen LogP contribution in [-0.4, -0.2) is 20.7 Å². The second-order valence-electron chi connectivity index (χ2n) is 4.21. The number of hydrogen-bond acceptors (Lipinski definition) is 3. The Bertz CT molecular complexity index is 757. The Hall–Kier alpha value is -2.46. The highest BCUT2D eigenvalue weighted by molar-refractivity contribution is 6.30. The number of halogens is 1. The van der Waals surface area contributed by atoms with Crippen molar-refractivity contribution in [1.82, 2.24) is 15.0 Å². The largest absolute Gasteiger partial charge is 0.334 e. The topological polar surface area (TPSA) is 58.6 Å². The molecule has 3 rings (SSSR count). The van der Waals surface area contributed by atoms with Gasteiger partial charge in [0.15, 0.2) is 11.5 Å². The number of nitrogens with zero attached hydrogens (tertiary/aromatic N) is 2. The zero-order valence-corrected chi connectivity index (χ0v) is 11.1. The third-order valence-corrected chi connectivity index (χ3v) is 3.04. The van der Waals surface area contributed by atoms with Crippen molar-refractivity contribution < 1.29 is 4.79 Å². The highest BCUT2D eigenvalue weighted by Crippen LogP contribution is 2.12. The Balaban J connectivity index is 1.83. The van der Waals surface area contributed by atoms with Crippen LogP contribution in [0, 0.1) is 0 Å². The molecule has 0 bridgehead atoms. The molecular formula is C15H10ClN3O. The summed E-state index contributed by atoms with van der Waals surface area (Å²) in [6.45, 7) is 0. The monoisotopic (exact) mass is 283 g/mol. The van der Waals surface area contributed by atoms with E-state index >= 15 is 0 Å². The molecule has 98 valence electrons. The van der Waals surface area contributed by atoms with Crippen molar-refractivity contribution in [2.24, 2.45) is 0 Å². The average Bonchev–Trinajstić information content (AvgIpc) is 2.90. The van der Waals surface area contributed by atoms with E-state index in [2.05, 4.69) is 15.0 Å². The third kappa shape index (κ3) is 2.60. The van der Waals surface area contributed by atoms with Crippen LogP contribution < -0.4 is 0 Å². The van der Waals surface area contributed by atoms with Gasteiger partial charge in [0.1, 0.15) is 0 Å². The van der Waals surface area contributed by atoms with Gasteiger partial charge in [0.2, 0.25) is 5.78 Å². The van der Waals surface area contributed by atoms with E-state index in [0.717, 1.165) is 11.1 Å². The molecular weight excluding hydrogens is 274 g/mol. The van der Waals surface area contributed by atoms with E-state index in [1.165, 1.54) is 6.08 Å². The SMILES string of the molecule is O=C(/C=C/c1ccc(Cl)cc1)c1nc2ncccc2[nH]1. The fourth-order valence-corrected chi connectivity index (χ4v) is 1.91. The van der Waals surface area contributed by atoms with Gasteiger partial charge >= 0.3 is 0 Å². The number of pyridine rings is 1. The van der Waals surface area contributed by atoms with Crippen LogP contribution in [0.15, 0.2) is 48.7 Å². The van der Waals surface area contributed by atoms with E-state index in [1.807, 2.05) is 18.2 Å². The fourth-order valence-electron chi connectivity index (χ4n) is 1.79. The minimum absolute atomic E-state index is 0.196. The van der Waals surface area contributed by atoms with Crippen LogP contribution in [0.3, 0.4) is 0 Å². The van der Waals surface area contributed by atoms with Crippen molar-refractivity contribution in [3.8, 4) is 0 Å². The summed E-state index contributed by atoms with van der Waals surface area (Å²) in [4.78, 5) is 23.2. The Morgan fingerprint density at radius 3 is 2.75 bits per heavy atom. The van der Waals surface area contributed by atoms with Crippen LogP contribution in [0.1, 0.15) is 16.2 Å². The molecule has 4 nitrogen and oxygen atoms in total. The smallest absolute Gasteiger partial charge is 0.221 e. The number of carbonyl (C=O) groups is 1. The summed E-state index contributed by atoms with van der Waals surface area (Å²) in [7, 11) is 0. The average molecular weight is 284 g/mol. The molecule has 0 saturated carbocycles. The summed E-state index contributed by atoms with van der Waals surface area (Å²) in [6, 6.07) is 10.8. The number of carbonyl (C=O) groups excluding carboxylic acids is 1. The van der Waals surface area contributed by atoms with Crippen molar-refractivity contribution in [3.05, 3.63) is 65.1 Å². The molecule has 0 atom stereocenters. The van der Waals surface area contributed by atoms with E-state index in [4.69, 9.17) is 11.6 Å². The molecule has 1 aromatic carbocycles. The van der Waals surface area contributed by atoms with Crippen molar-refractivity contribution in [3.63, 3.8) is 0 Å². The number of fused-ring (bicyclic) bond motifs is 1. The van der Waals surface area contributed by atoms with Crippen molar-refractivity contribution >= 4 is 34.6 Å². The second-order valence-corrected chi connectivity index (χ2v) is 4.65. The lowest BCUT2D eigenvalue weighted by Gasteiger charge is -1.93. The molecule has 1 N–H and O–H groups in total. The van der Waals surface area contributed by atoms with Gasteiger partial charge in [-0.15, -0.1) is 0 Å². The highest BCUT2D eigenvalue weighted by atomic mass is 35.5. The lowest BCUT2D eigenvalue weighted by molar-refractivity contribution is 0.103. The Morgan fingerprint density at radius 2 is 2.00 bits per heavy atom. The van der Waals surface area contributed by atoms with Gasteiger partial charge in [0.25, 0.3) is 0 Å². The molecule has 2 heterocycles. The first-order chi connectivity index (χ1) is 9.72. The van der Waals surface area contributed by atoms with Gasteiger partial charge in [0, 0.05) is 11.2 Å². The zero-order chi connectivity index (χ0) is 13.9. The maximum atomic E-state index is 12.0. The zero-order valence-electron chi connectivity index (χ0n) is 10.4. The molecule has 5 heteroatoms. The first-order valence-electron chi connectivity index (χ1n) is 6.01. The van der Waals surface area contributed by atoms with Gasteiger partial charge in [-0.25, -0.2) is 9.97 Å². The molecule has 0 unspecified atom stereocenters. The first-order valence-corrected chi connectivity index (χ1v) is 6.39. The standard InChI is InChI=1S/C15H10ClN3O/c16-11-6-3-10(4-7-11)5-8-13(20)15-18-12-2-1-9-17-14(12)19-15/h1-9H,(H,17,18,19)/b8-5+. The number of benzene rings is 1. The summed E-state index contributed by atoms with van der Waals surface area (Å²) in [6.07, 6.45) is 4.83. The summed E-state index contributed by atoms with van der Waals surface area (Å²) >= 11 is 5.80. The lowest BCUT2D eigenvalue weighted by atomic mass is 10.2. The number of imidazole rings is 1. The molecule has 0 aliphatic carbocycles. The molecule has 0 aliphatic rings. The van der Waals surface area contributed by atoms with Crippen LogP contribution in [0.2, 0.25) is 5.02 Å². The van der Waals surface area contributed by atoms with Gasteiger partial charge < -0.3 is 4.98 Å². The number of H-pyrrole nitrogens is 1. The molecule has 0 fully saturated rings. The summed E-state index contributed by atoms with van der Waals surface area (Å²) < 4.78 is 0. The number of aromatic amines is 1. The van der Waals surface area contributed by atoms with Gasteiger partial charge in [-0.05, 0) is 35.9 Å². The highest BCUT2D eigenvalue weighted by Gasteiger charge is 2.08. The lowest BCUT2D eigenvalue weighted by Crippen LogP contribution is -1.96. The maximum absolute atomic E-state index is 12.0. The summed E-state index contributed by atoms with van der Waals surface area (Å²) in [5.74, 6) is 0.0851. The van der Waals surface area contributed by atoms with E-state index < -0.39 is 0 Å². The van der Waals surface area contributed by atoms with Gasteiger partial charge in [-0.2, -0.15) is 0 Å². The normalized spacial score (nSPS) is 11.2. The molecule has 2 aromatic heterocycles. The number of hydrogen-bond donors (Lipinski definition) is 1. The Morgan fingerprint density at radius 1 is 1.20 bits per heavy atom. The minimum atomic E-state index is -0.196. The summed E-state index contributed by atoms with van der Waals surface area (Å²) in [5, 5.41) is 0.664. The molecule has 0 amide bonds. The predicted octanol–water partition coefficient (Wildman–Crippen LogP) is 3.51. The number of allylic oxidation sites excluding steroid dienone is 1. The maximum Gasteiger partial charge on any atom is 0.221 e. The Labute approximate surface area is 120 Å². The van der Waals surface area contributed by atoms with Gasteiger partial charge in [0.05, 0.1) is 5.52 Å². The third-order valence-electron chi connectivity index (χ3n) is 2.79. The molecule has 3 aromatic rings. The molecule has 0 spiro atoms. The van der Waals surface area contributed by atoms with Crippen LogP contribution in [0.5, 0.6) is 0 Å². The predicted molar refractivity (Wildman–Crippen MR) is 78.7 cm³/mol. The van der Waals surface area contributed by atoms with E-state index in [0.29, 0.717) is 10.7 Å². The van der Waals surface area contributed by atoms with E-state index in [1.54, 1.807) is 30.5 Å². The summed E-state index contributed by atoms with van der Waals surface area (Å²) in [5.41, 5.74) is 2.18. The number of rotatable bonds is 3. The quantitative estimate of drug-likeness (QED) is 0.591. The van der Waals surface area contributed by atoms with Crippen molar-refractivity contribution in [2.45, 2.75) is 0 Å². The minimum Gasteiger partial charge on any atom is -0.334 e.